The second-order valence-corrected chi connectivity index (χ2v) is 9.32. The summed E-state index contributed by atoms with van der Waals surface area (Å²) < 4.78 is 0. The Hall–Kier alpha value is -2.79. The van der Waals surface area contributed by atoms with Gasteiger partial charge in [0.1, 0.15) is 0 Å². The summed E-state index contributed by atoms with van der Waals surface area (Å²) in [5.41, 5.74) is 3.68. The molecule has 32 heavy (non-hydrogen) atoms. The molecule has 4 heteroatoms. The third-order valence-electron chi connectivity index (χ3n) is 6.21. The first-order valence-corrected chi connectivity index (χ1v) is 12.0. The third kappa shape index (κ3) is 4.53. The fourth-order valence-corrected chi connectivity index (χ4v) is 5.52. The average Bonchev–Trinajstić information content (AvgIpc) is 2.86. The average molecular weight is 441 g/mol. The number of hydrogen-bond acceptors (Lipinski definition) is 4. The zero-order valence-electron chi connectivity index (χ0n) is 18.2. The highest BCUT2D eigenvalue weighted by atomic mass is 32.2. The van der Waals surface area contributed by atoms with E-state index < -0.39 is 0 Å². The van der Waals surface area contributed by atoms with Gasteiger partial charge < -0.3 is 10.0 Å². The normalized spacial score (nSPS) is 14.7. The van der Waals surface area contributed by atoms with Crippen LogP contribution in [0.1, 0.15) is 11.1 Å². The summed E-state index contributed by atoms with van der Waals surface area (Å²) >= 11 is 1.76. The molecule has 1 aliphatic rings. The van der Waals surface area contributed by atoms with Crippen LogP contribution < -0.4 is 4.90 Å². The maximum Gasteiger partial charge on any atom is 0.0692 e. The van der Waals surface area contributed by atoms with Crippen LogP contribution in [0.25, 0.3) is 10.8 Å². The van der Waals surface area contributed by atoms with Crippen molar-refractivity contribution in [3.05, 3.63) is 102 Å². The smallest absolute Gasteiger partial charge is 0.0692 e. The van der Waals surface area contributed by atoms with Crippen molar-refractivity contribution >= 4 is 28.2 Å². The van der Waals surface area contributed by atoms with Gasteiger partial charge in [0.05, 0.1) is 6.61 Å². The van der Waals surface area contributed by atoms with Gasteiger partial charge in [0.2, 0.25) is 0 Å². The summed E-state index contributed by atoms with van der Waals surface area (Å²) in [5.74, 6) is 0. The molecule has 1 heterocycles. The van der Waals surface area contributed by atoms with E-state index in [0.29, 0.717) is 0 Å². The van der Waals surface area contributed by atoms with Crippen LogP contribution in [0.15, 0.2) is 101 Å². The number of anilines is 1. The van der Waals surface area contributed by atoms with E-state index in [9.17, 15) is 5.11 Å². The van der Waals surface area contributed by atoms with E-state index in [0.717, 1.165) is 43.2 Å². The topological polar surface area (TPSA) is 26.7 Å². The molecule has 1 fully saturated rings. The number of aliphatic hydroxyl groups is 1. The van der Waals surface area contributed by atoms with Gasteiger partial charge in [-0.1, -0.05) is 84.6 Å². The van der Waals surface area contributed by atoms with Crippen LogP contribution in [-0.4, -0.2) is 36.2 Å². The third-order valence-corrected chi connectivity index (χ3v) is 7.45. The maximum atomic E-state index is 9.69. The van der Waals surface area contributed by atoms with Crippen molar-refractivity contribution in [2.24, 2.45) is 0 Å². The highest BCUT2D eigenvalue weighted by molar-refractivity contribution is 7.99. The molecule has 162 valence electrons. The highest BCUT2D eigenvalue weighted by Crippen LogP contribution is 2.34. The Morgan fingerprint density at radius 1 is 0.656 bits per heavy atom. The molecule has 0 unspecified atom stereocenters. The lowest BCUT2D eigenvalue weighted by atomic mass is 10.1. The van der Waals surface area contributed by atoms with Crippen LogP contribution in [0.2, 0.25) is 0 Å². The van der Waals surface area contributed by atoms with Crippen molar-refractivity contribution in [3.8, 4) is 0 Å². The van der Waals surface area contributed by atoms with E-state index in [-0.39, 0.29) is 6.61 Å². The zero-order valence-corrected chi connectivity index (χ0v) is 19.0. The summed E-state index contributed by atoms with van der Waals surface area (Å²) in [6.45, 7) is 5.20. The number of hydrogen-bond donors (Lipinski definition) is 1. The minimum Gasteiger partial charge on any atom is -0.392 e. The summed E-state index contributed by atoms with van der Waals surface area (Å²) in [4.78, 5) is 7.48. The Balaban J connectivity index is 1.28. The minimum atomic E-state index is 0.0709. The summed E-state index contributed by atoms with van der Waals surface area (Å²) in [6.07, 6.45) is 0. The van der Waals surface area contributed by atoms with Crippen molar-refractivity contribution in [1.82, 2.24) is 4.90 Å². The predicted octanol–water partition coefficient (Wildman–Crippen LogP) is 5.81. The molecule has 0 bridgehead atoms. The molecule has 5 rings (SSSR count). The molecule has 0 aliphatic carbocycles. The van der Waals surface area contributed by atoms with E-state index in [1.807, 2.05) is 18.2 Å². The second-order valence-electron chi connectivity index (χ2n) is 8.24. The van der Waals surface area contributed by atoms with Crippen molar-refractivity contribution in [2.75, 3.05) is 31.1 Å². The quantitative estimate of drug-likeness (QED) is 0.410. The van der Waals surface area contributed by atoms with Crippen LogP contribution in [0.4, 0.5) is 5.69 Å². The first-order valence-electron chi connectivity index (χ1n) is 11.2. The Bertz CT molecular complexity index is 1200. The summed E-state index contributed by atoms with van der Waals surface area (Å²) in [6, 6.07) is 32.1. The molecule has 4 aromatic rings. The second kappa shape index (κ2) is 9.78. The Labute approximate surface area is 194 Å². The zero-order chi connectivity index (χ0) is 21.8. The lowest BCUT2D eigenvalue weighted by Crippen LogP contribution is -2.46. The molecule has 4 aromatic carbocycles. The van der Waals surface area contributed by atoms with Crippen LogP contribution in [0.5, 0.6) is 0 Å². The minimum absolute atomic E-state index is 0.0709. The first-order chi connectivity index (χ1) is 15.8. The molecule has 0 atom stereocenters. The molecule has 0 amide bonds. The molecule has 1 N–H and O–H groups in total. The SMILES string of the molecule is OCc1ccccc1Sc1ccccc1CN1CCN(c2cccc3ccccc23)CC1. The lowest BCUT2D eigenvalue weighted by molar-refractivity contribution is 0.248. The van der Waals surface area contributed by atoms with Gasteiger partial charge in [-0.05, 0) is 34.7 Å². The van der Waals surface area contributed by atoms with Gasteiger partial charge in [0, 0.05) is 53.6 Å². The maximum absolute atomic E-state index is 9.69. The van der Waals surface area contributed by atoms with Crippen LogP contribution >= 0.6 is 11.8 Å². The fourth-order valence-electron chi connectivity index (χ4n) is 4.46. The summed E-state index contributed by atoms with van der Waals surface area (Å²) in [7, 11) is 0. The van der Waals surface area contributed by atoms with E-state index in [2.05, 4.69) is 82.6 Å². The largest absolute Gasteiger partial charge is 0.392 e. The van der Waals surface area contributed by atoms with Gasteiger partial charge >= 0.3 is 0 Å². The molecule has 1 saturated heterocycles. The monoisotopic (exact) mass is 440 g/mol. The van der Waals surface area contributed by atoms with Gasteiger partial charge in [-0.25, -0.2) is 0 Å². The van der Waals surface area contributed by atoms with Crippen molar-refractivity contribution in [1.29, 1.82) is 0 Å². The van der Waals surface area contributed by atoms with E-state index >= 15 is 0 Å². The molecule has 0 saturated carbocycles. The van der Waals surface area contributed by atoms with Gasteiger partial charge in [0.15, 0.2) is 0 Å². The van der Waals surface area contributed by atoms with Gasteiger partial charge in [0.25, 0.3) is 0 Å². The predicted molar refractivity (Wildman–Crippen MR) is 134 cm³/mol. The molecule has 0 spiro atoms. The number of piperazine rings is 1. The fraction of sp³-hybridized carbons (Fsp3) is 0.214. The lowest BCUT2D eigenvalue weighted by Gasteiger charge is -2.37. The molecule has 0 aromatic heterocycles. The molecular weight excluding hydrogens is 412 g/mol. The first kappa shape index (κ1) is 21.1. The van der Waals surface area contributed by atoms with Crippen LogP contribution in [0.3, 0.4) is 0 Å². The Kier molecular flexibility index (Phi) is 6.44. The standard InChI is InChI=1S/C28H28N2OS/c31-21-24-10-3-6-15-28(24)32-27-14-5-2-9-23(27)20-29-16-18-30(19-17-29)26-13-7-11-22-8-1-4-12-25(22)26/h1-15,31H,16-21H2. The number of nitrogens with zero attached hydrogens (tertiary/aromatic N) is 2. The molecule has 0 radical (unpaired) electrons. The van der Waals surface area contributed by atoms with Crippen molar-refractivity contribution in [3.63, 3.8) is 0 Å². The molecule has 3 nitrogen and oxygen atoms in total. The van der Waals surface area contributed by atoms with Crippen molar-refractivity contribution in [2.45, 2.75) is 22.9 Å². The number of rotatable bonds is 6. The van der Waals surface area contributed by atoms with Crippen LogP contribution in [-0.2, 0) is 13.2 Å². The number of aliphatic hydroxyl groups excluding tert-OH is 1. The Morgan fingerprint density at radius 2 is 1.28 bits per heavy atom. The number of benzene rings is 4. The Morgan fingerprint density at radius 3 is 2.06 bits per heavy atom. The molecule has 1 aliphatic heterocycles. The highest BCUT2D eigenvalue weighted by Gasteiger charge is 2.19. The van der Waals surface area contributed by atoms with Gasteiger partial charge in [-0.2, -0.15) is 0 Å². The van der Waals surface area contributed by atoms with Gasteiger partial charge in [-0.15, -0.1) is 0 Å². The van der Waals surface area contributed by atoms with E-state index in [1.54, 1.807) is 11.8 Å². The number of fused-ring (bicyclic) bond motifs is 1. The molecular formula is C28H28N2OS. The van der Waals surface area contributed by atoms with E-state index in [1.165, 1.54) is 26.9 Å². The van der Waals surface area contributed by atoms with E-state index in [4.69, 9.17) is 0 Å². The van der Waals surface area contributed by atoms with Crippen molar-refractivity contribution < 1.29 is 5.11 Å². The summed E-state index contributed by atoms with van der Waals surface area (Å²) in [5, 5.41) is 12.3. The van der Waals surface area contributed by atoms with Crippen LogP contribution in [0, 0.1) is 0 Å². The van der Waals surface area contributed by atoms with Gasteiger partial charge in [-0.3, -0.25) is 4.90 Å².